The van der Waals surface area contributed by atoms with Gasteiger partial charge in [-0.2, -0.15) is 8.42 Å². The molecule has 4 nitrogen and oxygen atoms in total. The Morgan fingerprint density at radius 1 is 0.867 bits per heavy atom. The van der Waals surface area contributed by atoms with E-state index in [9.17, 15) is 8.42 Å². The molecule has 1 atom stereocenters. The molecule has 0 bridgehead atoms. The highest BCUT2D eigenvalue weighted by Gasteiger charge is 2.24. The van der Waals surface area contributed by atoms with E-state index in [1.54, 1.807) is 24.3 Å². The molecule has 0 aliphatic carbocycles. The summed E-state index contributed by atoms with van der Waals surface area (Å²) < 4.78 is 38.9. The smallest absolute Gasteiger partial charge is 0.297 e. The van der Waals surface area contributed by atoms with Crippen LogP contribution in [0.1, 0.15) is 16.7 Å². The quantitative estimate of drug-likeness (QED) is 0.302. The number of rotatable bonds is 9. The zero-order valence-electron chi connectivity index (χ0n) is 16.4. The Hall–Kier alpha value is -1.51. The van der Waals surface area contributed by atoms with Crippen LogP contribution in [0, 0.1) is 6.92 Å². The van der Waals surface area contributed by atoms with Crippen molar-refractivity contribution in [2.75, 3.05) is 6.61 Å². The normalized spacial score (nSPS) is 12.6. The lowest BCUT2D eigenvalue weighted by atomic mass is 10.1. The fourth-order valence-corrected chi connectivity index (χ4v) is 5.28. The summed E-state index contributed by atoms with van der Waals surface area (Å²) in [7, 11) is -3.93. The van der Waals surface area contributed by atoms with Gasteiger partial charge >= 0.3 is 0 Å². The SMILES string of the molecule is Cc1ccc(S(=O)(=O)O[C@@H](COCc2ccccc2)Cc2c(Br)cccc2Br)cc1. The summed E-state index contributed by atoms with van der Waals surface area (Å²) in [5.41, 5.74) is 2.92. The third-order valence-electron chi connectivity index (χ3n) is 4.48. The molecule has 0 aliphatic rings. The Balaban J connectivity index is 1.78. The fraction of sp³-hybridized carbons (Fsp3) is 0.217. The van der Waals surface area contributed by atoms with E-state index in [1.165, 1.54) is 0 Å². The molecule has 0 aliphatic heterocycles. The van der Waals surface area contributed by atoms with Crippen molar-refractivity contribution in [1.82, 2.24) is 0 Å². The average Bonchev–Trinajstić information content (AvgIpc) is 2.71. The van der Waals surface area contributed by atoms with Crippen molar-refractivity contribution in [1.29, 1.82) is 0 Å². The van der Waals surface area contributed by atoms with E-state index in [4.69, 9.17) is 8.92 Å². The second-order valence-electron chi connectivity index (χ2n) is 6.89. The monoisotopic (exact) mass is 552 g/mol. The van der Waals surface area contributed by atoms with Crippen LogP contribution in [0.5, 0.6) is 0 Å². The molecule has 0 radical (unpaired) electrons. The predicted molar refractivity (Wildman–Crippen MR) is 125 cm³/mol. The van der Waals surface area contributed by atoms with Crippen LogP contribution in [-0.2, 0) is 32.1 Å². The molecule has 30 heavy (non-hydrogen) atoms. The number of ether oxygens (including phenoxy) is 1. The maximum absolute atomic E-state index is 12.8. The molecule has 0 N–H and O–H groups in total. The minimum absolute atomic E-state index is 0.132. The maximum Gasteiger partial charge on any atom is 0.297 e. The summed E-state index contributed by atoms with van der Waals surface area (Å²) >= 11 is 7.07. The van der Waals surface area contributed by atoms with Crippen LogP contribution < -0.4 is 0 Å². The molecule has 0 fully saturated rings. The lowest BCUT2D eigenvalue weighted by Gasteiger charge is -2.19. The van der Waals surface area contributed by atoms with E-state index in [0.29, 0.717) is 13.0 Å². The van der Waals surface area contributed by atoms with Gasteiger partial charge in [-0.15, -0.1) is 0 Å². The molecular weight excluding hydrogens is 532 g/mol. The first kappa shape index (κ1) is 23.2. The van der Waals surface area contributed by atoms with Crippen molar-refractivity contribution in [2.45, 2.75) is 31.0 Å². The number of hydrogen-bond donors (Lipinski definition) is 0. The van der Waals surface area contributed by atoms with Crippen molar-refractivity contribution in [3.63, 3.8) is 0 Å². The predicted octanol–water partition coefficient (Wildman–Crippen LogP) is 6.05. The fourth-order valence-electron chi connectivity index (χ4n) is 2.90. The lowest BCUT2D eigenvalue weighted by Crippen LogP contribution is -2.26. The number of aryl methyl sites for hydroxylation is 1. The van der Waals surface area contributed by atoms with Crippen molar-refractivity contribution in [3.05, 3.63) is 98.4 Å². The molecule has 158 valence electrons. The van der Waals surface area contributed by atoms with Gasteiger partial charge in [0.25, 0.3) is 10.1 Å². The van der Waals surface area contributed by atoms with Crippen molar-refractivity contribution < 1.29 is 17.3 Å². The van der Waals surface area contributed by atoms with Crippen LogP contribution in [0.4, 0.5) is 0 Å². The first-order valence-electron chi connectivity index (χ1n) is 9.39. The molecule has 0 spiro atoms. The van der Waals surface area contributed by atoms with Crippen LogP contribution >= 0.6 is 31.9 Å². The minimum Gasteiger partial charge on any atom is -0.374 e. The van der Waals surface area contributed by atoms with Gasteiger partial charge in [0, 0.05) is 15.4 Å². The molecule has 3 aromatic carbocycles. The summed E-state index contributed by atoms with van der Waals surface area (Å²) in [5, 5.41) is 0. The summed E-state index contributed by atoms with van der Waals surface area (Å²) in [4.78, 5) is 0.132. The van der Waals surface area contributed by atoms with Gasteiger partial charge in [-0.05, 0) is 42.3 Å². The molecule has 3 rings (SSSR count). The van der Waals surface area contributed by atoms with Gasteiger partial charge in [0.15, 0.2) is 0 Å². The summed E-state index contributed by atoms with van der Waals surface area (Å²) in [5.74, 6) is 0. The van der Waals surface area contributed by atoms with Gasteiger partial charge < -0.3 is 4.74 Å². The van der Waals surface area contributed by atoms with E-state index in [-0.39, 0.29) is 11.5 Å². The van der Waals surface area contributed by atoms with Gasteiger partial charge in [-0.1, -0.05) is 86.0 Å². The van der Waals surface area contributed by atoms with Crippen LogP contribution in [0.3, 0.4) is 0 Å². The summed E-state index contributed by atoms with van der Waals surface area (Å²) in [6.45, 7) is 2.41. The van der Waals surface area contributed by atoms with Gasteiger partial charge in [-0.3, -0.25) is 4.18 Å². The zero-order valence-corrected chi connectivity index (χ0v) is 20.4. The second kappa shape index (κ2) is 10.7. The highest BCUT2D eigenvalue weighted by atomic mass is 79.9. The molecule has 3 aromatic rings. The van der Waals surface area contributed by atoms with Gasteiger partial charge in [-0.25, -0.2) is 0 Å². The topological polar surface area (TPSA) is 52.6 Å². The third-order valence-corrected chi connectivity index (χ3v) is 7.34. The second-order valence-corrected chi connectivity index (χ2v) is 10.2. The first-order valence-corrected chi connectivity index (χ1v) is 12.4. The lowest BCUT2D eigenvalue weighted by molar-refractivity contribution is 0.0441. The van der Waals surface area contributed by atoms with Crippen molar-refractivity contribution in [3.8, 4) is 0 Å². The highest BCUT2D eigenvalue weighted by molar-refractivity contribution is 9.11. The number of halogens is 2. The Kier molecular flexibility index (Phi) is 8.25. The largest absolute Gasteiger partial charge is 0.374 e. The first-order chi connectivity index (χ1) is 14.3. The Morgan fingerprint density at radius 2 is 1.50 bits per heavy atom. The van der Waals surface area contributed by atoms with E-state index in [1.807, 2.05) is 55.5 Å². The minimum atomic E-state index is -3.93. The standard InChI is InChI=1S/C23H22Br2O4S/c1-17-10-12-20(13-11-17)30(26,27)29-19(14-21-22(24)8-5-9-23(21)25)16-28-15-18-6-3-2-4-7-18/h2-13,19H,14-16H2,1H3/t19-/m1/s1. The number of benzene rings is 3. The van der Waals surface area contributed by atoms with Crippen LogP contribution in [-0.4, -0.2) is 21.1 Å². The summed E-state index contributed by atoms with van der Waals surface area (Å²) in [6.07, 6.45) is -0.322. The van der Waals surface area contributed by atoms with Gasteiger partial charge in [0.1, 0.15) is 6.10 Å². The molecule has 0 saturated heterocycles. The van der Waals surface area contributed by atoms with Gasteiger partial charge in [0.05, 0.1) is 18.1 Å². The molecule has 0 aromatic heterocycles. The average molecular weight is 554 g/mol. The van der Waals surface area contributed by atoms with Crippen molar-refractivity contribution in [2.24, 2.45) is 0 Å². The highest BCUT2D eigenvalue weighted by Crippen LogP contribution is 2.28. The van der Waals surface area contributed by atoms with Gasteiger partial charge in [0.2, 0.25) is 0 Å². The molecule has 7 heteroatoms. The van der Waals surface area contributed by atoms with E-state index < -0.39 is 16.2 Å². The van der Waals surface area contributed by atoms with E-state index >= 15 is 0 Å². The summed E-state index contributed by atoms with van der Waals surface area (Å²) in [6, 6.07) is 22.1. The third kappa shape index (κ3) is 6.49. The molecule has 0 saturated carbocycles. The Labute approximate surface area is 194 Å². The molecular formula is C23H22Br2O4S. The zero-order chi connectivity index (χ0) is 21.6. The molecule has 0 amide bonds. The van der Waals surface area contributed by atoms with E-state index in [0.717, 1.165) is 25.6 Å². The van der Waals surface area contributed by atoms with Crippen LogP contribution in [0.25, 0.3) is 0 Å². The number of hydrogen-bond acceptors (Lipinski definition) is 4. The maximum atomic E-state index is 12.8. The molecule has 0 heterocycles. The van der Waals surface area contributed by atoms with Crippen LogP contribution in [0.15, 0.2) is 86.6 Å². The van der Waals surface area contributed by atoms with Crippen LogP contribution in [0.2, 0.25) is 0 Å². The Morgan fingerprint density at radius 3 is 2.13 bits per heavy atom. The van der Waals surface area contributed by atoms with E-state index in [2.05, 4.69) is 31.9 Å². The Bertz CT molecular complexity index is 1050. The van der Waals surface area contributed by atoms with Crippen molar-refractivity contribution >= 4 is 42.0 Å². The molecule has 0 unspecified atom stereocenters.